The molecule has 2 saturated heterocycles. The molecule has 4 heterocycles. The first-order valence-corrected chi connectivity index (χ1v) is 10.0. The van der Waals surface area contributed by atoms with E-state index in [1.54, 1.807) is 35.6 Å². The van der Waals surface area contributed by atoms with Crippen molar-refractivity contribution in [3.63, 3.8) is 0 Å². The maximum atomic E-state index is 13.2. The quantitative estimate of drug-likeness (QED) is 0.803. The lowest BCUT2D eigenvalue weighted by Gasteiger charge is -2.39. The monoisotopic (exact) mass is 380 g/mol. The number of carbonyl (C=O) groups is 2. The van der Waals surface area contributed by atoms with Crippen molar-refractivity contribution in [3.8, 4) is 5.82 Å². The van der Waals surface area contributed by atoms with E-state index in [2.05, 4.69) is 20.1 Å². The predicted octanol–water partition coefficient (Wildman–Crippen LogP) is 1.53. The molecule has 28 heavy (non-hydrogen) atoms. The van der Waals surface area contributed by atoms with Crippen LogP contribution in [0.4, 0.5) is 0 Å². The zero-order valence-electron chi connectivity index (χ0n) is 15.8. The molecule has 0 radical (unpaired) electrons. The van der Waals surface area contributed by atoms with Gasteiger partial charge in [-0.1, -0.05) is 0 Å². The minimum absolute atomic E-state index is 0.0493. The van der Waals surface area contributed by atoms with Crippen molar-refractivity contribution in [2.24, 2.45) is 11.3 Å². The van der Waals surface area contributed by atoms with Crippen LogP contribution in [-0.4, -0.2) is 67.5 Å². The predicted molar refractivity (Wildman–Crippen MR) is 101 cm³/mol. The topological polar surface area (TPSA) is 84.2 Å². The molecule has 1 atom stereocenters. The molecule has 0 bridgehead atoms. The fourth-order valence-corrected chi connectivity index (χ4v) is 4.53. The maximum absolute atomic E-state index is 13.2. The third kappa shape index (κ3) is 3.06. The van der Waals surface area contributed by atoms with Gasteiger partial charge in [-0.05, 0) is 50.2 Å². The number of hydrogen-bond acceptors (Lipinski definition) is 5. The number of hydrogen-bond donors (Lipinski definition) is 0. The molecule has 0 unspecified atom stereocenters. The number of likely N-dealkylation sites (tertiary alicyclic amines) is 2. The van der Waals surface area contributed by atoms with Gasteiger partial charge in [-0.2, -0.15) is 0 Å². The van der Waals surface area contributed by atoms with Crippen molar-refractivity contribution in [1.82, 2.24) is 29.5 Å². The normalized spacial score (nSPS) is 24.9. The van der Waals surface area contributed by atoms with Crippen molar-refractivity contribution >= 4 is 11.8 Å². The Hall–Kier alpha value is -2.77. The lowest BCUT2D eigenvalue weighted by atomic mass is 9.78. The van der Waals surface area contributed by atoms with Gasteiger partial charge >= 0.3 is 0 Å². The van der Waals surface area contributed by atoms with Crippen molar-refractivity contribution in [2.45, 2.75) is 32.1 Å². The van der Waals surface area contributed by atoms with Gasteiger partial charge in [-0.25, -0.2) is 4.98 Å². The van der Waals surface area contributed by atoms with Gasteiger partial charge in [0.05, 0.1) is 11.0 Å². The third-order valence-corrected chi connectivity index (χ3v) is 6.32. The summed E-state index contributed by atoms with van der Waals surface area (Å²) in [4.78, 5) is 34.4. The number of aromatic nitrogens is 4. The molecular weight excluding hydrogens is 356 g/mol. The van der Waals surface area contributed by atoms with Crippen LogP contribution < -0.4 is 0 Å². The first-order valence-electron chi connectivity index (χ1n) is 10.0. The Kier molecular flexibility index (Phi) is 4.14. The number of carbonyl (C=O) groups excluding carboxylic acids is 2. The van der Waals surface area contributed by atoms with Crippen LogP contribution in [0.2, 0.25) is 0 Å². The molecule has 5 rings (SSSR count). The Morgan fingerprint density at radius 3 is 2.68 bits per heavy atom. The molecule has 2 amide bonds. The summed E-state index contributed by atoms with van der Waals surface area (Å²) in [5.74, 6) is 1.58. The first-order chi connectivity index (χ1) is 13.6. The molecule has 3 aliphatic rings. The Bertz CT molecular complexity index is 877. The van der Waals surface area contributed by atoms with Gasteiger partial charge in [0, 0.05) is 32.4 Å². The van der Waals surface area contributed by atoms with E-state index in [9.17, 15) is 9.59 Å². The average Bonchev–Trinajstić information content (AvgIpc) is 3.20. The molecule has 0 aromatic carbocycles. The second kappa shape index (κ2) is 6.68. The molecule has 1 saturated carbocycles. The van der Waals surface area contributed by atoms with Crippen molar-refractivity contribution in [1.29, 1.82) is 0 Å². The molecular formula is C20H24N6O2. The highest BCUT2D eigenvalue weighted by atomic mass is 16.2. The molecule has 2 aromatic heterocycles. The third-order valence-electron chi connectivity index (χ3n) is 6.32. The van der Waals surface area contributed by atoms with E-state index in [0.29, 0.717) is 30.4 Å². The zero-order valence-corrected chi connectivity index (χ0v) is 15.8. The lowest BCUT2D eigenvalue weighted by molar-refractivity contribution is -0.145. The van der Waals surface area contributed by atoms with Gasteiger partial charge in [-0.15, -0.1) is 10.2 Å². The minimum Gasteiger partial charge on any atom is -0.342 e. The molecule has 3 fully saturated rings. The molecule has 1 spiro atoms. The average molecular weight is 380 g/mol. The largest absolute Gasteiger partial charge is 0.342 e. The smallest absolute Gasteiger partial charge is 0.255 e. The van der Waals surface area contributed by atoms with E-state index in [-0.39, 0.29) is 17.2 Å². The van der Waals surface area contributed by atoms with Crippen molar-refractivity contribution in [2.75, 3.05) is 26.2 Å². The van der Waals surface area contributed by atoms with E-state index < -0.39 is 0 Å². The molecule has 8 heteroatoms. The molecule has 1 aliphatic carbocycles. The van der Waals surface area contributed by atoms with Crippen molar-refractivity contribution in [3.05, 3.63) is 36.5 Å². The summed E-state index contributed by atoms with van der Waals surface area (Å²) in [6, 6.07) is 3.56. The summed E-state index contributed by atoms with van der Waals surface area (Å²) in [7, 11) is 0. The number of pyridine rings is 1. The number of rotatable bonds is 4. The fraction of sp³-hybridized carbons (Fsp3) is 0.550. The highest BCUT2D eigenvalue weighted by Crippen LogP contribution is 2.42. The minimum atomic E-state index is -0.376. The zero-order chi connectivity index (χ0) is 19.1. The molecule has 8 nitrogen and oxygen atoms in total. The Balaban J connectivity index is 1.28. The second-order valence-corrected chi connectivity index (χ2v) is 8.33. The van der Waals surface area contributed by atoms with E-state index >= 15 is 0 Å². The van der Waals surface area contributed by atoms with E-state index in [0.717, 1.165) is 32.4 Å². The van der Waals surface area contributed by atoms with Crippen LogP contribution in [0.5, 0.6) is 0 Å². The standard InChI is InChI=1S/C20H24N6O2/c27-18(16-4-5-17(21-10-16)26-13-22-23-14-26)25-9-7-20(12-25)6-1-8-24(19(20)28)11-15-2-3-15/h4-5,10,13-15H,1-3,6-9,11-12H2/t20-/m0/s1. The van der Waals surface area contributed by atoms with Gasteiger partial charge in [0.1, 0.15) is 18.5 Å². The van der Waals surface area contributed by atoms with Crippen molar-refractivity contribution < 1.29 is 9.59 Å². The molecule has 2 aromatic rings. The number of nitrogens with zero attached hydrogens (tertiary/aromatic N) is 6. The van der Waals surface area contributed by atoms with Gasteiger partial charge in [0.2, 0.25) is 5.91 Å². The van der Waals surface area contributed by atoms with Crippen LogP contribution in [0.1, 0.15) is 42.5 Å². The molecule has 0 N–H and O–H groups in total. The van der Waals surface area contributed by atoms with Crippen LogP contribution in [0, 0.1) is 11.3 Å². The van der Waals surface area contributed by atoms with Gasteiger partial charge in [-0.3, -0.25) is 14.2 Å². The SMILES string of the molecule is O=C(c1ccc(-n2cnnc2)nc1)N1CC[C@@]2(CCCN(CC3CC3)C2=O)C1. The summed E-state index contributed by atoms with van der Waals surface area (Å²) in [6.45, 7) is 2.94. The van der Waals surface area contributed by atoms with E-state index in [4.69, 9.17) is 0 Å². The Labute approximate surface area is 163 Å². The second-order valence-electron chi connectivity index (χ2n) is 8.33. The van der Waals surface area contributed by atoms with Crippen LogP contribution in [0.3, 0.4) is 0 Å². The van der Waals surface area contributed by atoms with Crippen LogP contribution in [0.25, 0.3) is 5.82 Å². The molecule has 2 aliphatic heterocycles. The van der Waals surface area contributed by atoms with Crippen LogP contribution >= 0.6 is 0 Å². The van der Waals surface area contributed by atoms with Gasteiger partial charge in [0.15, 0.2) is 0 Å². The number of amides is 2. The first kappa shape index (κ1) is 17.3. The van der Waals surface area contributed by atoms with Gasteiger partial charge in [0.25, 0.3) is 5.91 Å². The van der Waals surface area contributed by atoms with Crippen LogP contribution in [0.15, 0.2) is 31.0 Å². The fourth-order valence-electron chi connectivity index (χ4n) is 4.53. The maximum Gasteiger partial charge on any atom is 0.255 e. The summed E-state index contributed by atoms with van der Waals surface area (Å²) in [5.41, 5.74) is 0.172. The molecule has 146 valence electrons. The van der Waals surface area contributed by atoms with Gasteiger partial charge < -0.3 is 9.80 Å². The highest BCUT2D eigenvalue weighted by Gasteiger charge is 2.50. The van der Waals surface area contributed by atoms with E-state index in [1.807, 2.05) is 4.90 Å². The summed E-state index contributed by atoms with van der Waals surface area (Å²) in [5, 5.41) is 7.53. The summed E-state index contributed by atoms with van der Waals surface area (Å²) < 4.78 is 1.69. The Morgan fingerprint density at radius 1 is 1.14 bits per heavy atom. The Morgan fingerprint density at radius 2 is 1.96 bits per heavy atom. The summed E-state index contributed by atoms with van der Waals surface area (Å²) >= 11 is 0. The summed E-state index contributed by atoms with van der Waals surface area (Å²) in [6.07, 6.45) is 9.91. The van der Waals surface area contributed by atoms with Crippen LogP contribution in [-0.2, 0) is 4.79 Å². The lowest BCUT2D eigenvalue weighted by Crippen LogP contribution is -2.50. The number of piperidine rings is 1. The highest BCUT2D eigenvalue weighted by molar-refractivity contribution is 5.95. The van der Waals surface area contributed by atoms with E-state index in [1.165, 1.54) is 12.8 Å².